The third-order valence-electron chi connectivity index (χ3n) is 2.14. The topological polar surface area (TPSA) is 40.9 Å². The zero-order chi connectivity index (χ0) is 10.7. The van der Waals surface area contributed by atoms with Crippen molar-refractivity contribution < 1.29 is 4.79 Å². The summed E-state index contributed by atoms with van der Waals surface area (Å²) >= 11 is 1.50. The zero-order valence-corrected chi connectivity index (χ0v) is 8.62. The van der Waals surface area contributed by atoms with E-state index < -0.39 is 0 Å². The second kappa shape index (κ2) is 4.07. The minimum absolute atomic E-state index is 0.627. The van der Waals surface area contributed by atoms with Gasteiger partial charge in [0.25, 0.3) is 0 Å². The number of rotatable bonds is 2. The second-order valence-corrected chi connectivity index (χ2v) is 3.79. The Hall–Kier alpha value is -1.92. The smallest absolute Gasteiger partial charge is 0.151 e. The number of hydrogen-bond acceptors (Lipinski definition) is 3. The molecule has 1 aromatic carbocycles. The van der Waals surface area contributed by atoms with E-state index in [1.807, 2.05) is 22.9 Å². The maximum Gasteiger partial charge on any atom is 0.151 e. The van der Waals surface area contributed by atoms with Gasteiger partial charge in [0, 0.05) is 16.5 Å². The van der Waals surface area contributed by atoms with Crippen molar-refractivity contribution in [1.29, 1.82) is 5.26 Å². The molecule has 2 rings (SSSR count). The van der Waals surface area contributed by atoms with Crippen LogP contribution in [-0.4, -0.2) is 6.29 Å². The van der Waals surface area contributed by atoms with E-state index in [4.69, 9.17) is 5.26 Å². The number of hydrogen-bond donors (Lipinski definition) is 0. The van der Waals surface area contributed by atoms with Crippen LogP contribution in [0, 0.1) is 11.3 Å². The van der Waals surface area contributed by atoms with Crippen LogP contribution >= 0.6 is 11.3 Å². The first-order chi connectivity index (χ1) is 7.35. The molecule has 0 aliphatic heterocycles. The van der Waals surface area contributed by atoms with Crippen LogP contribution in [0.15, 0.2) is 35.0 Å². The summed E-state index contributed by atoms with van der Waals surface area (Å²) in [6, 6.07) is 9.27. The summed E-state index contributed by atoms with van der Waals surface area (Å²) in [7, 11) is 0. The van der Waals surface area contributed by atoms with Crippen LogP contribution in [0.5, 0.6) is 0 Å². The van der Waals surface area contributed by atoms with Gasteiger partial charge in [-0.25, -0.2) is 0 Å². The van der Waals surface area contributed by atoms with E-state index >= 15 is 0 Å². The average molecular weight is 213 g/mol. The number of thiophene rings is 1. The van der Waals surface area contributed by atoms with Crippen LogP contribution in [-0.2, 0) is 0 Å². The first-order valence-electron chi connectivity index (χ1n) is 4.37. The van der Waals surface area contributed by atoms with Gasteiger partial charge in [0.1, 0.15) is 0 Å². The molecule has 0 saturated heterocycles. The van der Waals surface area contributed by atoms with E-state index in [1.54, 1.807) is 12.1 Å². The lowest BCUT2D eigenvalue weighted by molar-refractivity contribution is 0.112. The van der Waals surface area contributed by atoms with Gasteiger partial charge >= 0.3 is 0 Å². The molecule has 0 bridgehead atoms. The number of nitriles is 1. The van der Waals surface area contributed by atoms with Crippen molar-refractivity contribution in [2.75, 3.05) is 0 Å². The summed E-state index contributed by atoms with van der Waals surface area (Å²) in [5, 5.41) is 12.4. The van der Waals surface area contributed by atoms with Crippen LogP contribution in [0.3, 0.4) is 0 Å². The van der Waals surface area contributed by atoms with E-state index in [0.717, 1.165) is 17.4 Å². The van der Waals surface area contributed by atoms with Gasteiger partial charge in [-0.1, -0.05) is 12.1 Å². The summed E-state index contributed by atoms with van der Waals surface area (Å²) in [5.74, 6) is 0. The molecule has 2 aromatic rings. The molecular weight excluding hydrogens is 206 g/mol. The van der Waals surface area contributed by atoms with Crippen LogP contribution in [0.2, 0.25) is 0 Å². The lowest BCUT2D eigenvalue weighted by Gasteiger charge is -1.98. The minimum Gasteiger partial charge on any atom is -0.298 e. The summed E-state index contributed by atoms with van der Waals surface area (Å²) in [6.45, 7) is 0. The fraction of sp³-hybridized carbons (Fsp3) is 0. The van der Waals surface area contributed by atoms with Gasteiger partial charge in [0.15, 0.2) is 6.29 Å². The van der Waals surface area contributed by atoms with Crippen molar-refractivity contribution in [3.05, 3.63) is 46.2 Å². The Labute approximate surface area is 91.4 Å². The summed E-state index contributed by atoms with van der Waals surface area (Å²) in [5.41, 5.74) is 3.23. The molecule has 0 saturated carbocycles. The molecule has 72 valence electrons. The third-order valence-corrected chi connectivity index (χ3v) is 2.91. The van der Waals surface area contributed by atoms with Gasteiger partial charge in [-0.05, 0) is 23.1 Å². The van der Waals surface area contributed by atoms with Gasteiger partial charge in [-0.3, -0.25) is 4.79 Å². The maximum atomic E-state index is 10.7. The van der Waals surface area contributed by atoms with Crippen LogP contribution < -0.4 is 0 Å². The van der Waals surface area contributed by atoms with Crippen LogP contribution in [0.25, 0.3) is 11.1 Å². The third kappa shape index (κ3) is 1.80. The van der Waals surface area contributed by atoms with Crippen molar-refractivity contribution in [3.8, 4) is 17.2 Å². The van der Waals surface area contributed by atoms with Gasteiger partial charge in [0.2, 0.25) is 0 Å². The number of carbonyl (C=O) groups excluding carboxylic acids is 1. The normalized spacial score (nSPS) is 9.53. The first kappa shape index (κ1) is 9.63. The van der Waals surface area contributed by atoms with E-state index in [2.05, 4.69) is 6.07 Å². The van der Waals surface area contributed by atoms with Crippen molar-refractivity contribution in [3.63, 3.8) is 0 Å². The predicted molar refractivity (Wildman–Crippen MR) is 59.9 cm³/mol. The molecule has 0 N–H and O–H groups in total. The summed E-state index contributed by atoms with van der Waals surface area (Å²) < 4.78 is 0. The molecule has 0 amide bonds. The first-order valence-corrected chi connectivity index (χ1v) is 5.31. The fourth-order valence-corrected chi connectivity index (χ4v) is 2.16. The highest BCUT2D eigenvalue weighted by Gasteiger charge is 2.04. The Morgan fingerprint density at radius 3 is 2.53 bits per heavy atom. The molecule has 0 radical (unpaired) electrons. The Bertz CT molecular complexity index is 519. The Morgan fingerprint density at radius 2 is 1.93 bits per heavy atom. The molecule has 0 aliphatic rings. The Morgan fingerprint density at radius 1 is 1.20 bits per heavy atom. The van der Waals surface area contributed by atoms with Crippen LogP contribution in [0.4, 0.5) is 0 Å². The number of carbonyl (C=O) groups is 1. The molecule has 0 atom stereocenters. The van der Waals surface area contributed by atoms with E-state index in [1.165, 1.54) is 11.3 Å². The van der Waals surface area contributed by atoms with Crippen molar-refractivity contribution >= 4 is 17.6 Å². The predicted octanol–water partition coefficient (Wildman–Crippen LogP) is 3.10. The van der Waals surface area contributed by atoms with E-state index in [0.29, 0.717) is 11.1 Å². The van der Waals surface area contributed by atoms with Gasteiger partial charge < -0.3 is 0 Å². The minimum atomic E-state index is 0.627. The van der Waals surface area contributed by atoms with Gasteiger partial charge in [-0.15, -0.1) is 0 Å². The Kier molecular flexibility index (Phi) is 2.61. The summed E-state index contributed by atoms with van der Waals surface area (Å²) in [4.78, 5) is 10.7. The molecule has 15 heavy (non-hydrogen) atoms. The van der Waals surface area contributed by atoms with Crippen LogP contribution in [0.1, 0.15) is 15.9 Å². The maximum absolute atomic E-state index is 10.7. The highest BCUT2D eigenvalue weighted by atomic mass is 32.1. The van der Waals surface area contributed by atoms with Crippen molar-refractivity contribution in [2.45, 2.75) is 0 Å². The summed E-state index contributed by atoms with van der Waals surface area (Å²) in [6.07, 6.45) is 0.851. The zero-order valence-electron chi connectivity index (χ0n) is 7.81. The SMILES string of the molecule is N#Cc1ccc(-c2cscc2C=O)cc1. The molecule has 0 fully saturated rings. The quantitative estimate of drug-likeness (QED) is 0.719. The molecular formula is C12H7NOS. The number of nitrogens with zero attached hydrogens (tertiary/aromatic N) is 1. The van der Waals surface area contributed by atoms with Gasteiger partial charge in [0.05, 0.1) is 11.6 Å². The molecule has 0 aliphatic carbocycles. The average Bonchev–Trinajstić information content (AvgIpc) is 2.77. The standard InChI is InChI=1S/C12H7NOS/c13-5-9-1-3-10(4-2-9)12-8-15-7-11(12)6-14/h1-4,6-8H. The number of aldehydes is 1. The molecule has 0 unspecified atom stereocenters. The monoisotopic (exact) mass is 213 g/mol. The van der Waals surface area contributed by atoms with Gasteiger partial charge in [-0.2, -0.15) is 16.6 Å². The Balaban J connectivity index is 2.46. The van der Waals surface area contributed by atoms with E-state index in [-0.39, 0.29) is 0 Å². The number of benzene rings is 1. The van der Waals surface area contributed by atoms with Crippen molar-refractivity contribution in [1.82, 2.24) is 0 Å². The molecule has 2 nitrogen and oxygen atoms in total. The lowest BCUT2D eigenvalue weighted by Crippen LogP contribution is -1.81. The highest BCUT2D eigenvalue weighted by Crippen LogP contribution is 2.26. The second-order valence-electron chi connectivity index (χ2n) is 3.05. The molecule has 1 aromatic heterocycles. The molecule has 1 heterocycles. The van der Waals surface area contributed by atoms with Crippen molar-refractivity contribution in [2.24, 2.45) is 0 Å². The molecule has 3 heteroatoms. The largest absolute Gasteiger partial charge is 0.298 e. The highest BCUT2D eigenvalue weighted by molar-refractivity contribution is 7.08. The lowest BCUT2D eigenvalue weighted by atomic mass is 10.0. The fourth-order valence-electron chi connectivity index (χ4n) is 1.36. The van der Waals surface area contributed by atoms with E-state index in [9.17, 15) is 4.79 Å². The molecule has 0 spiro atoms.